The van der Waals surface area contributed by atoms with Gasteiger partial charge in [0.1, 0.15) is 36.5 Å². The van der Waals surface area contributed by atoms with Crippen LogP contribution in [-0.4, -0.2) is 116 Å². The van der Waals surface area contributed by atoms with E-state index in [9.17, 15) is 39.0 Å². The number of amides is 3. The number of methoxy groups -OCH3 is 2. The van der Waals surface area contributed by atoms with Crippen molar-refractivity contribution in [1.29, 1.82) is 0 Å². The highest BCUT2D eigenvalue weighted by atomic mass is 32.1. The minimum atomic E-state index is -1.63. The number of thiophene rings is 1. The molecule has 1 aliphatic rings. The van der Waals surface area contributed by atoms with E-state index in [1.165, 1.54) is 25.4 Å². The number of urea groups is 1. The Labute approximate surface area is 270 Å². The lowest BCUT2D eigenvalue weighted by molar-refractivity contribution is -0.272. The summed E-state index contributed by atoms with van der Waals surface area (Å²) in [6, 6.07) is -1.73. The summed E-state index contributed by atoms with van der Waals surface area (Å²) in [5, 5.41) is 31.9. The van der Waals surface area contributed by atoms with Gasteiger partial charge in [0.2, 0.25) is 12.2 Å². The van der Waals surface area contributed by atoms with Crippen molar-refractivity contribution in [3.63, 3.8) is 0 Å². The molecule has 0 aromatic carbocycles. The first-order valence-electron chi connectivity index (χ1n) is 14.8. The molecule has 0 spiro atoms. The lowest BCUT2D eigenvalue weighted by Gasteiger charge is -2.44. The number of ketones is 1. The van der Waals surface area contributed by atoms with Gasteiger partial charge in [0, 0.05) is 30.3 Å². The quantitative estimate of drug-likeness (QED) is 0.0608. The average molecular weight is 674 g/mol. The summed E-state index contributed by atoms with van der Waals surface area (Å²) in [5.74, 6) is -3.43. The van der Waals surface area contributed by atoms with Crippen LogP contribution in [0.1, 0.15) is 62.7 Å². The predicted octanol–water partition coefficient (Wildman–Crippen LogP) is 0.185. The van der Waals surface area contributed by atoms with Gasteiger partial charge in [-0.25, -0.2) is 9.59 Å². The monoisotopic (exact) mass is 673 g/mol. The van der Waals surface area contributed by atoms with Crippen LogP contribution in [0.15, 0.2) is 16.8 Å². The van der Waals surface area contributed by atoms with E-state index in [-0.39, 0.29) is 31.5 Å². The average Bonchev–Trinajstić information content (AvgIpc) is 3.59. The van der Waals surface area contributed by atoms with Gasteiger partial charge in [0.25, 0.3) is 0 Å². The Morgan fingerprint density at radius 1 is 1.07 bits per heavy atom. The third-order valence-corrected chi connectivity index (χ3v) is 7.69. The van der Waals surface area contributed by atoms with Crippen LogP contribution in [0.3, 0.4) is 0 Å². The highest BCUT2D eigenvalue weighted by Crippen LogP contribution is 2.26. The standard InChI is InChI=1S/C29H43N3O13S/c1-5-6-12-30-29(40)32-23-25(43-16(2)26(38)31-18(27(39)42-4)7-9-21(35)41-3)24(37)20(14-33)44-28(23)45-22(36)10-8-19(34)17-11-13-46-15-17/h11,13,15-16,18,20,23-25,28,33,37H,5-10,12,14H2,1-4H3,(H,31,38)(H2,30,32,40)/t16-,18?,20-,23-,24-,25-,28?/m1/s1. The molecular weight excluding hydrogens is 630 g/mol. The third-order valence-electron chi connectivity index (χ3n) is 7.01. The van der Waals surface area contributed by atoms with E-state index < -0.39 is 79.2 Å². The van der Waals surface area contributed by atoms with Crippen molar-refractivity contribution in [2.45, 2.75) is 95.2 Å². The number of hydrogen-bond acceptors (Lipinski definition) is 14. The minimum Gasteiger partial charge on any atom is -0.469 e. The maximum absolute atomic E-state index is 13.1. The molecule has 3 amide bonds. The van der Waals surface area contributed by atoms with Crippen LogP contribution in [0.5, 0.6) is 0 Å². The molecule has 1 fully saturated rings. The fourth-order valence-electron chi connectivity index (χ4n) is 4.38. The number of nitrogens with one attached hydrogen (secondary N) is 3. The van der Waals surface area contributed by atoms with E-state index in [1.54, 1.807) is 16.8 Å². The number of Topliss-reactive ketones (excluding diaryl/α,β-unsaturated/α-hetero) is 1. The van der Waals surface area contributed by atoms with Crippen molar-refractivity contribution in [3.05, 3.63) is 22.4 Å². The van der Waals surface area contributed by atoms with E-state index in [0.29, 0.717) is 18.5 Å². The van der Waals surface area contributed by atoms with Crippen molar-refractivity contribution < 1.29 is 62.7 Å². The second-order valence-corrected chi connectivity index (χ2v) is 11.1. The molecule has 5 N–H and O–H groups in total. The highest BCUT2D eigenvalue weighted by Gasteiger charge is 2.49. The first-order chi connectivity index (χ1) is 21.9. The van der Waals surface area contributed by atoms with Crippen molar-refractivity contribution in [2.24, 2.45) is 0 Å². The zero-order valence-electron chi connectivity index (χ0n) is 26.2. The summed E-state index contributed by atoms with van der Waals surface area (Å²) in [6.45, 7) is 2.78. The summed E-state index contributed by atoms with van der Waals surface area (Å²) >= 11 is 1.33. The highest BCUT2D eigenvalue weighted by molar-refractivity contribution is 7.08. The lowest BCUT2D eigenvalue weighted by atomic mass is 9.96. The number of unbranched alkanes of at least 4 members (excludes halogenated alkanes) is 1. The van der Waals surface area contributed by atoms with Gasteiger partial charge in [-0.1, -0.05) is 13.3 Å². The lowest BCUT2D eigenvalue weighted by Crippen LogP contribution is -2.67. The van der Waals surface area contributed by atoms with Crippen LogP contribution >= 0.6 is 11.3 Å². The van der Waals surface area contributed by atoms with Crippen molar-refractivity contribution >= 4 is 47.0 Å². The molecule has 0 bridgehead atoms. The molecule has 1 aromatic rings. The van der Waals surface area contributed by atoms with Crippen molar-refractivity contribution in [3.8, 4) is 0 Å². The van der Waals surface area contributed by atoms with Crippen LogP contribution in [0.25, 0.3) is 0 Å². The SMILES string of the molecule is CCCCNC(=O)N[C@H]1C(OC(=O)CCC(=O)c2ccsc2)O[C@H](CO)[C@@H](O)[C@@H]1O[C@H](C)C(=O)NC(CCC(=O)OC)C(=O)OC. The molecule has 1 aliphatic heterocycles. The molecule has 1 aromatic heterocycles. The molecular formula is C29H43N3O13S. The Morgan fingerprint density at radius 2 is 1.80 bits per heavy atom. The van der Waals surface area contributed by atoms with Gasteiger partial charge in [0.05, 0.1) is 27.2 Å². The number of aliphatic hydroxyl groups is 2. The topological polar surface area (TPSA) is 225 Å². The summed E-state index contributed by atoms with van der Waals surface area (Å²) in [7, 11) is 2.28. The van der Waals surface area contributed by atoms with Crippen LogP contribution in [0.4, 0.5) is 4.79 Å². The maximum atomic E-state index is 13.1. The Hall–Kier alpha value is -3.64. The van der Waals surface area contributed by atoms with E-state index in [0.717, 1.165) is 13.5 Å². The number of rotatable bonds is 18. The van der Waals surface area contributed by atoms with Gasteiger partial charge >= 0.3 is 23.9 Å². The molecule has 7 atom stereocenters. The zero-order chi connectivity index (χ0) is 34.2. The molecule has 0 aliphatic carbocycles. The maximum Gasteiger partial charge on any atom is 0.328 e. The molecule has 46 heavy (non-hydrogen) atoms. The summed E-state index contributed by atoms with van der Waals surface area (Å²) in [5.41, 5.74) is 0.443. The number of aliphatic hydroxyl groups excluding tert-OH is 2. The summed E-state index contributed by atoms with van der Waals surface area (Å²) in [6.07, 6.45) is -6.87. The number of esters is 3. The van der Waals surface area contributed by atoms with Crippen LogP contribution in [-0.2, 0) is 42.9 Å². The van der Waals surface area contributed by atoms with Gasteiger partial charge in [0.15, 0.2) is 5.78 Å². The normalized spacial score (nSPS) is 22.1. The Bertz CT molecular complexity index is 1170. The molecule has 2 heterocycles. The fraction of sp³-hybridized carbons (Fsp3) is 0.655. The van der Waals surface area contributed by atoms with Gasteiger partial charge in [-0.15, -0.1) is 0 Å². The van der Waals surface area contributed by atoms with E-state index in [2.05, 4.69) is 20.7 Å². The van der Waals surface area contributed by atoms with E-state index >= 15 is 0 Å². The number of hydrogen-bond donors (Lipinski definition) is 5. The number of ether oxygens (including phenoxy) is 5. The van der Waals surface area contributed by atoms with Gasteiger partial charge in [-0.2, -0.15) is 11.3 Å². The van der Waals surface area contributed by atoms with Crippen LogP contribution in [0, 0.1) is 0 Å². The Kier molecular flexibility index (Phi) is 16.6. The molecule has 0 radical (unpaired) electrons. The first kappa shape index (κ1) is 38.5. The fourth-order valence-corrected chi connectivity index (χ4v) is 5.04. The predicted molar refractivity (Wildman–Crippen MR) is 160 cm³/mol. The van der Waals surface area contributed by atoms with Crippen LogP contribution in [0.2, 0.25) is 0 Å². The molecule has 2 rings (SSSR count). The second kappa shape index (κ2) is 19.8. The summed E-state index contributed by atoms with van der Waals surface area (Å²) < 4.78 is 26.3. The van der Waals surface area contributed by atoms with Gasteiger partial charge in [-0.3, -0.25) is 19.2 Å². The number of carbonyl (C=O) groups is 6. The third kappa shape index (κ3) is 11.9. The first-order valence-corrected chi connectivity index (χ1v) is 15.7. The summed E-state index contributed by atoms with van der Waals surface area (Å²) in [4.78, 5) is 74.9. The van der Waals surface area contributed by atoms with E-state index in [1.807, 2.05) is 6.92 Å². The molecule has 17 heteroatoms. The van der Waals surface area contributed by atoms with Crippen molar-refractivity contribution in [2.75, 3.05) is 27.4 Å². The van der Waals surface area contributed by atoms with Crippen molar-refractivity contribution in [1.82, 2.24) is 16.0 Å². The van der Waals surface area contributed by atoms with Gasteiger partial charge < -0.3 is 49.8 Å². The molecule has 1 saturated heterocycles. The Balaban J connectivity index is 2.24. The van der Waals surface area contributed by atoms with Gasteiger partial charge in [-0.05, 0) is 31.2 Å². The smallest absolute Gasteiger partial charge is 0.328 e. The number of carbonyl (C=O) groups excluding carboxylic acids is 6. The molecule has 16 nitrogen and oxygen atoms in total. The Morgan fingerprint density at radius 3 is 2.41 bits per heavy atom. The zero-order valence-corrected chi connectivity index (χ0v) is 27.0. The van der Waals surface area contributed by atoms with Crippen LogP contribution < -0.4 is 16.0 Å². The molecule has 0 saturated carbocycles. The molecule has 2 unspecified atom stereocenters. The largest absolute Gasteiger partial charge is 0.469 e. The molecule has 258 valence electrons. The second-order valence-electron chi connectivity index (χ2n) is 10.4. The minimum absolute atomic E-state index is 0.140. The van der Waals surface area contributed by atoms with E-state index in [4.69, 9.17) is 18.9 Å².